The highest BCUT2D eigenvalue weighted by Crippen LogP contribution is 2.19. The SMILES string of the molecule is CCc1nc2ccc(NC(=O)NC3CCCC3)cc2[nH]1. The Kier molecular flexibility index (Phi) is 3.58. The molecule has 1 saturated carbocycles. The van der Waals surface area contributed by atoms with E-state index in [-0.39, 0.29) is 6.03 Å². The first-order valence-corrected chi connectivity index (χ1v) is 7.31. The molecule has 20 heavy (non-hydrogen) atoms. The van der Waals surface area contributed by atoms with Crippen molar-refractivity contribution in [1.29, 1.82) is 0 Å². The summed E-state index contributed by atoms with van der Waals surface area (Å²) in [6.45, 7) is 2.06. The molecule has 1 fully saturated rings. The molecule has 1 aliphatic carbocycles. The smallest absolute Gasteiger partial charge is 0.319 e. The van der Waals surface area contributed by atoms with Gasteiger partial charge < -0.3 is 15.6 Å². The fraction of sp³-hybridized carbons (Fsp3) is 0.467. The van der Waals surface area contributed by atoms with Gasteiger partial charge in [0.05, 0.1) is 11.0 Å². The van der Waals surface area contributed by atoms with Crippen LogP contribution in [0.2, 0.25) is 0 Å². The van der Waals surface area contributed by atoms with Crippen molar-refractivity contribution in [1.82, 2.24) is 15.3 Å². The summed E-state index contributed by atoms with van der Waals surface area (Å²) in [6.07, 6.45) is 5.48. The van der Waals surface area contributed by atoms with Crippen LogP contribution in [-0.4, -0.2) is 22.0 Å². The molecular weight excluding hydrogens is 252 g/mol. The average molecular weight is 272 g/mol. The van der Waals surface area contributed by atoms with Crippen molar-refractivity contribution in [2.75, 3.05) is 5.32 Å². The minimum atomic E-state index is -0.119. The van der Waals surface area contributed by atoms with Gasteiger partial charge in [-0.3, -0.25) is 0 Å². The third-order valence-electron chi connectivity index (χ3n) is 3.81. The van der Waals surface area contributed by atoms with Crippen molar-refractivity contribution >= 4 is 22.8 Å². The number of benzene rings is 1. The Bertz CT molecular complexity index is 613. The molecule has 2 amide bonds. The summed E-state index contributed by atoms with van der Waals surface area (Å²) in [4.78, 5) is 19.6. The zero-order valence-electron chi connectivity index (χ0n) is 11.7. The van der Waals surface area contributed by atoms with Crippen LogP contribution in [0.15, 0.2) is 18.2 Å². The van der Waals surface area contributed by atoms with Crippen LogP contribution in [0.25, 0.3) is 11.0 Å². The number of urea groups is 1. The van der Waals surface area contributed by atoms with Gasteiger partial charge >= 0.3 is 6.03 Å². The van der Waals surface area contributed by atoms with Gasteiger partial charge in [-0.15, -0.1) is 0 Å². The number of rotatable bonds is 3. The number of hydrogen-bond donors (Lipinski definition) is 3. The number of amides is 2. The number of aryl methyl sites for hydroxylation is 1. The van der Waals surface area contributed by atoms with Gasteiger partial charge in [0.25, 0.3) is 0 Å². The zero-order valence-corrected chi connectivity index (χ0v) is 11.7. The van der Waals surface area contributed by atoms with E-state index in [2.05, 4.69) is 27.5 Å². The monoisotopic (exact) mass is 272 g/mol. The lowest BCUT2D eigenvalue weighted by molar-refractivity contribution is 0.248. The van der Waals surface area contributed by atoms with E-state index < -0.39 is 0 Å². The molecule has 0 bridgehead atoms. The van der Waals surface area contributed by atoms with Crippen LogP contribution in [0.4, 0.5) is 10.5 Å². The highest BCUT2D eigenvalue weighted by Gasteiger charge is 2.17. The van der Waals surface area contributed by atoms with Crippen LogP contribution >= 0.6 is 0 Å². The van der Waals surface area contributed by atoms with E-state index in [1.165, 1.54) is 12.8 Å². The summed E-state index contributed by atoms with van der Waals surface area (Å²) in [5.74, 6) is 0.965. The van der Waals surface area contributed by atoms with Crippen molar-refractivity contribution < 1.29 is 4.79 Å². The van der Waals surface area contributed by atoms with Gasteiger partial charge in [0.2, 0.25) is 0 Å². The maximum Gasteiger partial charge on any atom is 0.319 e. The Morgan fingerprint density at radius 3 is 2.95 bits per heavy atom. The van der Waals surface area contributed by atoms with Gasteiger partial charge in [-0.05, 0) is 31.0 Å². The maximum atomic E-state index is 11.9. The number of nitrogens with zero attached hydrogens (tertiary/aromatic N) is 1. The van der Waals surface area contributed by atoms with Crippen molar-refractivity contribution in [2.24, 2.45) is 0 Å². The number of nitrogens with one attached hydrogen (secondary N) is 3. The molecule has 3 N–H and O–H groups in total. The molecule has 3 rings (SSSR count). The van der Waals surface area contributed by atoms with E-state index in [1.54, 1.807) is 0 Å². The first-order valence-electron chi connectivity index (χ1n) is 7.31. The Balaban J connectivity index is 1.68. The van der Waals surface area contributed by atoms with Crippen molar-refractivity contribution in [3.8, 4) is 0 Å². The van der Waals surface area contributed by atoms with Gasteiger partial charge in [-0.1, -0.05) is 19.8 Å². The second-order valence-corrected chi connectivity index (χ2v) is 5.35. The Labute approximate surface area is 118 Å². The van der Waals surface area contributed by atoms with E-state index >= 15 is 0 Å². The second kappa shape index (κ2) is 5.53. The lowest BCUT2D eigenvalue weighted by atomic mass is 10.2. The van der Waals surface area contributed by atoms with Gasteiger partial charge in [0.15, 0.2) is 0 Å². The zero-order chi connectivity index (χ0) is 13.9. The molecule has 1 aromatic heterocycles. The van der Waals surface area contributed by atoms with Crippen LogP contribution in [0.5, 0.6) is 0 Å². The highest BCUT2D eigenvalue weighted by atomic mass is 16.2. The van der Waals surface area contributed by atoms with E-state index in [1.807, 2.05) is 18.2 Å². The maximum absolute atomic E-state index is 11.9. The number of H-pyrrole nitrogens is 1. The van der Waals surface area contributed by atoms with Crippen LogP contribution < -0.4 is 10.6 Å². The van der Waals surface area contributed by atoms with E-state index in [4.69, 9.17) is 0 Å². The predicted molar refractivity (Wildman–Crippen MR) is 79.9 cm³/mol. The van der Waals surface area contributed by atoms with Crippen LogP contribution in [0.1, 0.15) is 38.4 Å². The molecule has 1 heterocycles. The molecule has 5 nitrogen and oxygen atoms in total. The van der Waals surface area contributed by atoms with Gasteiger partial charge in [-0.2, -0.15) is 0 Å². The Morgan fingerprint density at radius 2 is 2.20 bits per heavy atom. The van der Waals surface area contributed by atoms with Crippen molar-refractivity contribution in [3.63, 3.8) is 0 Å². The molecule has 0 atom stereocenters. The minimum Gasteiger partial charge on any atom is -0.342 e. The van der Waals surface area contributed by atoms with E-state index in [9.17, 15) is 4.79 Å². The number of carbonyl (C=O) groups excluding carboxylic acids is 1. The third kappa shape index (κ3) is 2.76. The van der Waals surface area contributed by atoms with Gasteiger partial charge in [-0.25, -0.2) is 9.78 Å². The lowest BCUT2D eigenvalue weighted by Crippen LogP contribution is -2.36. The van der Waals surface area contributed by atoms with E-state index in [0.717, 1.165) is 41.8 Å². The third-order valence-corrected chi connectivity index (χ3v) is 3.81. The van der Waals surface area contributed by atoms with Gasteiger partial charge in [0, 0.05) is 18.2 Å². The summed E-state index contributed by atoms with van der Waals surface area (Å²) >= 11 is 0. The fourth-order valence-corrected chi connectivity index (χ4v) is 2.73. The number of fused-ring (bicyclic) bond motifs is 1. The molecular formula is C15H20N4O. The van der Waals surface area contributed by atoms with Crippen molar-refractivity contribution in [3.05, 3.63) is 24.0 Å². The number of aromatic nitrogens is 2. The van der Waals surface area contributed by atoms with Gasteiger partial charge in [0.1, 0.15) is 5.82 Å². The number of hydrogen-bond acceptors (Lipinski definition) is 2. The molecule has 0 unspecified atom stereocenters. The molecule has 106 valence electrons. The number of anilines is 1. The topological polar surface area (TPSA) is 69.8 Å². The number of carbonyl (C=O) groups is 1. The first kappa shape index (κ1) is 13.0. The summed E-state index contributed by atoms with van der Waals surface area (Å²) < 4.78 is 0. The van der Waals surface area contributed by atoms with Crippen LogP contribution in [-0.2, 0) is 6.42 Å². The second-order valence-electron chi connectivity index (χ2n) is 5.35. The molecule has 1 aromatic carbocycles. The number of imidazole rings is 1. The largest absolute Gasteiger partial charge is 0.342 e. The normalized spacial score (nSPS) is 15.7. The predicted octanol–water partition coefficient (Wildman–Crippen LogP) is 3.19. The molecule has 5 heteroatoms. The lowest BCUT2D eigenvalue weighted by Gasteiger charge is -2.12. The highest BCUT2D eigenvalue weighted by molar-refractivity contribution is 5.92. The first-order chi connectivity index (χ1) is 9.74. The summed E-state index contributed by atoms with van der Waals surface area (Å²) in [5.41, 5.74) is 2.68. The standard InChI is InChI=1S/C15H20N4O/c1-2-14-18-12-8-7-11(9-13(12)19-14)17-15(20)16-10-5-3-4-6-10/h7-10H,2-6H2,1H3,(H,18,19)(H2,16,17,20). The number of aromatic amines is 1. The summed E-state index contributed by atoms with van der Waals surface area (Å²) in [6, 6.07) is 5.95. The molecule has 0 spiro atoms. The van der Waals surface area contributed by atoms with E-state index in [0.29, 0.717) is 6.04 Å². The Morgan fingerprint density at radius 1 is 1.40 bits per heavy atom. The molecule has 2 aromatic rings. The summed E-state index contributed by atoms with van der Waals surface area (Å²) in [7, 11) is 0. The van der Waals surface area contributed by atoms with Crippen LogP contribution in [0, 0.1) is 0 Å². The summed E-state index contributed by atoms with van der Waals surface area (Å²) in [5, 5.41) is 5.91. The fourth-order valence-electron chi connectivity index (χ4n) is 2.73. The quantitative estimate of drug-likeness (QED) is 0.803. The van der Waals surface area contributed by atoms with Crippen LogP contribution in [0.3, 0.4) is 0 Å². The molecule has 0 saturated heterocycles. The molecule has 0 radical (unpaired) electrons. The average Bonchev–Trinajstić information content (AvgIpc) is 3.06. The minimum absolute atomic E-state index is 0.119. The Hall–Kier alpha value is -2.04. The molecule has 1 aliphatic rings. The van der Waals surface area contributed by atoms with Crippen molar-refractivity contribution in [2.45, 2.75) is 45.1 Å². The molecule has 0 aliphatic heterocycles.